The van der Waals surface area contributed by atoms with Crippen molar-refractivity contribution in [2.45, 2.75) is 13.3 Å². The minimum absolute atomic E-state index is 0.0349. The lowest BCUT2D eigenvalue weighted by Gasteiger charge is -2.16. The van der Waals surface area contributed by atoms with E-state index in [1.165, 1.54) is 6.07 Å². The summed E-state index contributed by atoms with van der Waals surface area (Å²) in [5, 5.41) is 9.17. The molecule has 4 nitrogen and oxygen atoms in total. The minimum Gasteiger partial charge on any atom is -0.449 e. The molecule has 0 N–H and O–H groups in total. The van der Waals surface area contributed by atoms with Gasteiger partial charge in [-0.05, 0) is 42.7 Å². The van der Waals surface area contributed by atoms with Gasteiger partial charge < -0.3 is 4.74 Å². The van der Waals surface area contributed by atoms with Crippen LogP contribution in [0.25, 0.3) is 11.1 Å². The number of nitriles is 1. The van der Waals surface area contributed by atoms with Crippen molar-refractivity contribution in [3.63, 3.8) is 0 Å². The van der Waals surface area contributed by atoms with Crippen LogP contribution in [0.5, 0.6) is 0 Å². The highest BCUT2D eigenvalue weighted by Gasteiger charge is 2.26. The van der Waals surface area contributed by atoms with Gasteiger partial charge in [0.1, 0.15) is 11.9 Å². The maximum absolute atomic E-state index is 13.8. The third-order valence-corrected chi connectivity index (χ3v) is 3.90. The molecule has 1 heterocycles. The monoisotopic (exact) mass is 310 g/mol. The van der Waals surface area contributed by atoms with E-state index in [1.807, 2.05) is 18.2 Å². The predicted molar refractivity (Wildman–Crippen MR) is 84.6 cm³/mol. The van der Waals surface area contributed by atoms with Crippen molar-refractivity contribution in [1.82, 2.24) is 0 Å². The zero-order chi connectivity index (χ0) is 16.4. The maximum atomic E-state index is 13.8. The SMILES string of the molecule is CCOC(=O)N1CCc2cc(-c3cccc(F)c3C#N)ccc21. The van der Waals surface area contributed by atoms with Crippen LogP contribution in [0.1, 0.15) is 18.1 Å². The molecule has 2 aromatic carbocycles. The summed E-state index contributed by atoms with van der Waals surface area (Å²) in [6.07, 6.45) is 0.349. The van der Waals surface area contributed by atoms with E-state index in [2.05, 4.69) is 0 Å². The summed E-state index contributed by atoms with van der Waals surface area (Å²) in [6, 6.07) is 12.0. The Hall–Kier alpha value is -2.87. The molecule has 23 heavy (non-hydrogen) atoms. The molecule has 0 saturated heterocycles. The molecule has 1 aliphatic heterocycles. The smallest absolute Gasteiger partial charge is 0.414 e. The Morgan fingerprint density at radius 3 is 2.96 bits per heavy atom. The molecule has 0 radical (unpaired) electrons. The summed E-state index contributed by atoms with van der Waals surface area (Å²) >= 11 is 0. The number of halogens is 1. The first-order valence-corrected chi connectivity index (χ1v) is 7.42. The summed E-state index contributed by atoms with van der Waals surface area (Å²) < 4.78 is 18.8. The fourth-order valence-electron chi connectivity index (χ4n) is 2.84. The van der Waals surface area contributed by atoms with Crippen LogP contribution in [-0.2, 0) is 11.2 Å². The van der Waals surface area contributed by atoms with Gasteiger partial charge in [0.15, 0.2) is 0 Å². The molecule has 1 aliphatic rings. The number of carbonyl (C=O) groups excluding carboxylic acids is 1. The Bertz CT molecular complexity index is 811. The molecule has 0 atom stereocenters. The van der Waals surface area contributed by atoms with Gasteiger partial charge in [-0.1, -0.05) is 18.2 Å². The largest absolute Gasteiger partial charge is 0.449 e. The second-order valence-corrected chi connectivity index (χ2v) is 5.22. The number of hydrogen-bond acceptors (Lipinski definition) is 3. The quantitative estimate of drug-likeness (QED) is 0.845. The molecular weight excluding hydrogens is 295 g/mol. The third-order valence-electron chi connectivity index (χ3n) is 3.90. The Morgan fingerprint density at radius 2 is 2.22 bits per heavy atom. The van der Waals surface area contributed by atoms with E-state index in [0.717, 1.165) is 16.8 Å². The number of amides is 1. The molecule has 1 amide bonds. The molecule has 0 aromatic heterocycles. The number of fused-ring (bicyclic) bond motifs is 1. The van der Waals surface area contributed by atoms with Crippen LogP contribution in [0.4, 0.5) is 14.9 Å². The highest BCUT2D eigenvalue weighted by molar-refractivity contribution is 5.91. The Kier molecular flexibility index (Phi) is 3.98. The average molecular weight is 310 g/mol. The van der Waals surface area contributed by atoms with Crippen molar-refractivity contribution in [1.29, 1.82) is 5.26 Å². The van der Waals surface area contributed by atoms with Crippen LogP contribution >= 0.6 is 0 Å². The molecule has 0 spiro atoms. The number of carbonyl (C=O) groups is 1. The number of hydrogen-bond donors (Lipinski definition) is 0. The highest BCUT2D eigenvalue weighted by atomic mass is 19.1. The summed E-state index contributed by atoms with van der Waals surface area (Å²) in [5.41, 5.74) is 3.16. The number of nitrogens with zero attached hydrogens (tertiary/aromatic N) is 2. The van der Waals surface area contributed by atoms with Crippen LogP contribution in [-0.4, -0.2) is 19.2 Å². The molecule has 116 valence electrons. The van der Waals surface area contributed by atoms with Crippen LogP contribution < -0.4 is 4.90 Å². The molecule has 0 aliphatic carbocycles. The normalized spacial score (nSPS) is 12.7. The van der Waals surface area contributed by atoms with Crippen molar-refractivity contribution >= 4 is 11.8 Å². The van der Waals surface area contributed by atoms with Gasteiger partial charge in [-0.3, -0.25) is 4.90 Å². The van der Waals surface area contributed by atoms with Gasteiger partial charge in [-0.2, -0.15) is 5.26 Å². The summed E-state index contributed by atoms with van der Waals surface area (Å²) in [7, 11) is 0. The van der Waals surface area contributed by atoms with Crippen LogP contribution in [0.2, 0.25) is 0 Å². The number of ether oxygens (including phenoxy) is 1. The van der Waals surface area contributed by atoms with E-state index in [-0.39, 0.29) is 11.7 Å². The predicted octanol–water partition coefficient (Wildman–Crippen LogP) is 3.88. The molecular formula is C18H15FN2O2. The van der Waals surface area contributed by atoms with Gasteiger partial charge in [0.05, 0.1) is 17.9 Å². The van der Waals surface area contributed by atoms with E-state index < -0.39 is 5.82 Å². The molecule has 0 unspecified atom stereocenters. The standard InChI is InChI=1S/C18H15FN2O2/c1-2-23-18(22)21-9-8-13-10-12(6-7-17(13)21)14-4-3-5-16(19)15(14)11-20/h3-7,10H,2,8-9H2,1H3. The van der Waals surface area contributed by atoms with E-state index in [4.69, 9.17) is 10.00 Å². The highest BCUT2D eigenvalue weighted by Crippen LogP contribution is 2.34. The van der Waals surface area contributed by atoms with Gasteiger partial charge in [0.2, 0.25) is 0 Å². The Labute approximate surface area is 133 Å². The second-order valence-electron chi connectivity index (χ2n) is 5.22. The molecule has 0 saturated carbocycles. The van der Waals surface area contributed by atoms with Gasteiger partial charge >= 0.3 is 6.09 Å². The summed E-state index contributed by atoms with van der Waals surface area (Å²) in [5.74, 6) is -0.529. The van der Waals surface area contributed by atoms with E-state index in [0.29, 0.717) is 25.1 Å². The first-order valence-electron chi connectivity index (χ1n) is 7.42. The molecule has 0 fully saturated rings. The van der Waals surface area contributed by atoms with Crippen molar-refractivity contribution in [2.75, 3.05) is 18.1 Å². The topological polar surface area (TPSA) is 53.3 Å². The molecule has 2 aromatic rings. The minimum atomic E-state index is -0.529. The first kappa shape index (κ1) is 15.0. The fourth-order valence-corrected chi connectivity index (χ4v) is 2.84. The summed E-state index contributed by atoms with van der Waals surface area (Å²) in [4.78, 5) is 13.5. The number of anilines is 1. The van der Waals surface area contributed by atoms with Gasteiger partial charge in [-0.25, -0.2) is 9.18 Å². The third kappa shape index (κ3) is 2.64. The zero-order valence-electron chi connectivity index (χ0n) is 12.7. The first-order chi connectivity index (χ1) is 11.2. The number of rotatable bonds is 2. The lowest BCUT2D eigenvalue weighted by molar-refractivity contribution is 0.160. The lowest BCUT2D eigenvalue weighted by atomic mass is 9.97. The lowest BCUT2D eigenvalue weighted by Crippen LogP contribution is -2.29. The number of benzene rings is 2. The average Bonchev–Trinajstić information content (AvgIpc) is 2.98. The van der Waals surface area contributed by atoms with Crippen molar-refractivity contribution in [2.24, 2.45) is 0 Å². The Morgan fingerprint density at radius 1 is 1.39 bits per heavy atom. The van der Waals surface area contributed by atoms with Crippen LogP contribution in [0, 0.1) is 17.1 Å². The van der Waals surface area contributed by atoms with E-state index >= 15 is 0 Å². The van der Waals surface area contributed by atoms with Crippen LogP contribution in [0.15, 0.2) is 36.4 Å². The summed E-state index contributed by atoms with van der Waals surface area (Å²) in [6.45, 7) is 2.66. The van der Waals surface area contributed by atoms with Crippen LogP contribution in [0.3, 0.4) is 0 Å². The Balaban J connectivity index is 2.00. The van der Waals surface area contributed by atoms with Crippen molar-refractivity contribution < 1.29 is 13.9 Å². The maximum Gasteiger partial charge on any atom is 0.414 e. The van der Waals surface area contributed by atoms with Crippen molar-refractivity contribution in [3.05, 3.63) is 53.3 Å². The molecule has 5 heteroatoms. The molecule has 0 bridgehead atoms. The zero-order valence-corrected chi connectivity index (χ0v) is 12.7. The second kappa shape index (κ2) is 6.09. The van der Waals surface area contributed by atoms with E-state index in [1.54, 1.807) is 30.0 Å². The van der Waals surface area contributed by atoms with Gasteiger partial charge in [0.25, 0.3) is 0 Å². The van der Waals surface area contributed by atoms with Crippen molar-refractivity contribution in [3.8, 4) is 17.2 Å². The van der Waals surface area contributed by atoms with Gasteiger partial charge in [-0.15, -0.1) is 0 Å². The van der Waals surface area contributed by atoms with Gasteiger partial charge in [0, 0.05) is 12.1 Å². The molecule has 3 rings (SSSR count). The fraction of sp³-hybridized carbons (Fsp3) is 0.222. The van der Waals surface area contributed by atoms with E-state index in [9.17, 15) is 9.18 Å².